The summed E-state index contributed by atoms with van der Waals surface area (Å²) in [5.74, 6) is 0.0742. The summed E-state index contributed by atoms with van der Waals surface area (Å²) in [6.07, 6.45) is 1.55. The normalized spacial score (nSPS) is 15.6. The first kappa shape index (κ1) is 20.5. The van der Waals surface area contributed by atoms with E-state index in [1.54, 1.807) is 25.3 Å². The quantitative estimate of drug-likeness (QED) is 0.475. The van der Waals surface area contributed by atoms with Gasteiger partial charge in [-0.2, -0.15) is 0 Å². The third-order valence-electron chi connectivity index (χ3n) is 4.92. The van der Waals surface area contributed by atoms with E-state index in [1.807, 2.05) is 39.0 Å². The highest BCUT2D eigenvalue weighted by Crippen LogP contribution is 2.32. The van der Waals surface area contributed by atoms with Crippen molar-refractivity contribution in [1.29, 1.82) is 0 Å². The zero-order chi connectivity index (χ0) is 21.3. The van der Waals surface area contributed by atoms with Crippen molar-refractivity contribution in [2.24, 2.45) is 0 Å². The molecule has 2 amide bonds. The van der Waals surface area contributed by atoms with E-state index in [9.17, 15) is 9.59 Å². The molecule has 0 unspecified atom stereocenters. The Balaban J connectivity index is 2.07. The maximum absolute atomic E-state index is 13.2. The van der Waals surface area contributed by atoms with Crippen LogP contribution in [0.25, 0.3) is 6.08 Å². The van der Waals surface area contributed by atoms with Gasteiger partial charge >= 0.3 is 0 Å². The lowest BCUT2D eigenvalue weighted by Crippen LogP contribution is -2.54. The van der Waals surface area contributed by atoms with Crippen LogP contribution in [0, 0.1) is 20.8 Å². The lowest BCUT2D eigenvalue weighted by atomic mass is 10.0. The van der Waals surface area contributed by atoms with Crippen LogP contribution in [0.5, 0.6) is 11.5 Å². The number of hydrogen-bond acceptors (Lipinski definition) is 5. The van der Waals surface area contributed by atoms with Crippen LogP contribution in [0.1, 0.15) is 22.3 Å². The number of carbonyl (C=O) groups excluding carboxylic acids is 2. The molecule has 1 saturated heterocycles. The van der Waals surface area contributed by atoms with Crippen molar-refractivity contribution < 1.29 is 19.1 Å². The van der Waals surface area contributed by atoms with Crippen molar-refractivity contribution in [1.82, 2.24) is 5.32 Å². The standard InChI is InChI=1S/C22H22N2O4S/c1-12-6-7-16(8-13(12)2)24-21(26)17(20(25)23-22(24)29)10-15-11-19(28-5)18(27-4)9-14(15)3/h6-11H,1-5H3,(H,23,25,29). The molecule has 0 radical (unpaired) electrons. The number of rotatable bonds is 4. The van der Waals surface area contributed by atoms with Crippen LogP contribution in [-0.4, -0.2) is 31.1 Å². The number of thiocarbonyl (C=S) groups is 1. The topological polar surface area (TPSA) is 67.9 Å². The van der Waals surface area contributed by atoms with Crippen LogP contribution in [0.3, 0.4) is 0 Å². The molecule has 1 aliphatic rings. The van der Waals surface area contributed by atoms with E-state index in [0.717, 1.165) is 16.7 Å². The number of ether oxygens (including phenoxy) is 2. The van der Waals surface area contributed by atoms with E-state index in [4.69, 9.17) is 21.7 Å². The lowest BCUT2D eigenvalue weighted by molar-refractivity contribution is -0.122. The van der Waals surface area contributed by atoms with Gasteiger partial charge < -0.3 is 9.47 Å². The predicted molar refractivity (Wildman–Crippen MR) is 116 cm³/mol. The summed E-state index contributed by atoms with van der Waals surface area (Å²) in [6.45, 7) is 5.81. The predicted octanol–water partition coefficient (Wildman–Crippen LogP) is 3.46. The monoisotopic (exact) mass is 410 g/mol. The Bertz CT molecular complexity index is 1060. The summed E-state index contributed by atoms with van der Waals surface area (Å²) >= 11 is 5.26. The van der Waals surface area contributed by atoms with Crippen LogP contribution in [0.2, 0.25) is 0 Å². The number of methoxy groups -OCH3 is 2. The molecule has 3 rings (SSSR count). The Kier molecular flexibility index (Phi) is 5.70. The number of nitrogens with zero attached hydrogens (tertiary/aromatic N) is 1. The number of carbonyl (C=O) groups is 2. The minimum atomic E-state index is -0.533. The Morgan fingerprint density at radius 3 is 2.21 bits per heavy atom. The molecule has 1 aliphatic heterocycles. The number of hydrogen-bond donors (Lipinski definition) is 1. The van der Waals surface area contributed by atoms with E-state index in [-0.39, 0.29) is 10.7 Å². The van der Waals surface area contributed by atoms with Gasteiger partial charge in [-0.25, -0.2) is 0 Å². The summed E-state index contributed by atoms with van der Waals surface area (Å²) in [5.41, 5.74) is 4.24. The first-order valence-electron chi connectivity index (χ1n) is 8.98. The minimum Gasteiger partial charge on any atom is -0.493 e. The number of nitrogens with one attached hydrogen (secondary N) is 1. The van der Waals surface area contributed by atoms with Crippen LogP contribution < -0.4 is 19.7 Å². The molecule has 0 saturated carbocycles. The molecule has 0 spiro atoms. The molecule has 1 N–H and O–H groups in total. The maximum Gasteiger partial charge on any atom is 0.270 e. The van der Waals surface area contributed by atoms with Gasteiger partial charge in [0, 0.05) is 0 Å². The Labute approximate surface area is 175 Å². The third-order valence-corrected chi connectivity index (χ3v) is 5.21. The smallest absolute Gasteiger partial charge is 0.270 e. The zero-order valence-corrected chi connectivity index (χ0v) is 17.8. The molecule has 0 bridgehead atoms. The van der Waals surface area contributed by atoms with Gasteiger partial charge in [-0.3, -0.25) is 19.8 Å². The first-order chi connectivity index (χ1) is 13.8. The van der Waals surface area contributed by atoms with E-state index in [0.29, 0.717) is 22.7 Å². The third kappa shape index (κ3) is 3.86. The van der Waals surface area contributed by atoms with Gasteiger partial charge in [0.2, 0.25) is 0 Å². The summed E-state index contributed by atoms with van der Waals surface area (Å²) in [5, 5.41) is 2.67. The van der Waals surface area contributed by atoms with Gasteiger partial charge in [0.1, 0.15) is 5.57 Å². The average Bonchev–Trinajstić information content (AvgIpc) is 2.68. The average molecular weight is 410 g/mol. The van der Waals surface area contributed by atoms with Crippen molar-refractivity contribution >= 4 is 40.9 Å². The molecule has 0 aliphatic carbocycles. The van der Waals surface area contributed by atoms with E-state index < -0.39 is 11.8 Å². The second-order valence-corrected chi connectivity index (χ2v) is 7.18. The second-order valence-electron chi connectivity index (χ2n) is 6.79. The summed E-state index contributed by atoms with van der Waals surface area (Å²) in [6, 6.07) is 9.12. The zero-order valence-electron chi connectivity index (χ0n) is 17.0. The molecule has 6 nitrogen and oxygen atoms in total. The summed E-state index contributed by atoms with van der Waals surface area (Å²) in [7, 11) is 3.08. The molecule has 2 aromatic rings. The van der Waals surface area contributed by atoms with Crippen molar-refractivity contribution in [3.63, 3.8) is 0 Å². The number of benzene rings is 2. The molecule has 1 fully saturated rings. The second kappa shape index (κ2) is 8.05. The van der Waals surface area contributed by atoms with Crippen molar-refractivity contribution in [2.75, 3.05) is 19.1 Å². The fourth-order valence-corrected chi connectivity index (χ4v) is 3.34. The van der Waals surface area contributed by atoms with Crippen molar-refractivity contribution in [2.45, 2.75) is 20.8 Å². The molecule has 29 heavy (non-hydrogen) atoms. The van der Waals surface area contributed by atoms with Crippen LogP contribution >= 0.6 is 12.2 Å². The van der Waals surface area contributed by atoms with Crippen molar-refractivity contribution in [3.05, 3.63) is 58.2 Å². The van der Waals surface area contributed by atoms with Gasteiger partial charge in [-0.1, -0.05) is 6.07 Å². The molecule has 0 atom stereocenters. The Morgan fingerprint density at radius 1 is 0.931 bits per heavy atom. The van der Waals surface area contributed by atoms with Gasteiger partial charge in [-0.15, -0.1) is 0 Å². The van der Waals surface area contributed by atoms with Crippen LogP contribution in [-0.2, 0) is 9.59 Å². The first-order valence-corrected chi connectivity index (χ1v) is 9.39. The number of anilines is 1. The Morgan fingerprint density at radius 2 is 1.59 bits per heavy atom. The fourth-order valence-electron chi connectivity index (χ4n) is 3.06. The highest BCUT2D eigenvalue weighted by Gasteiger charge is 2.34. The molecular weight excluding hydrogens is 388 g/mol. The lowest BCUT2D eigenvalue weighted by Gasteiger charge is -2.29. The van der Waals surface area contributed by atoms with Gasteiger partial charge in [0.25, 0.3) is 11.8 Å². The maximum atomic E-state index is 13.2. The fraction of sp³-hybridized carbons (Fsp3) is 0.227. The highest BCUT2D eigenvalue weighted by molar-refractivity contribution is 7.80. The SMILES string of the molecule is COc1cc(C)c(C=C2C(=O)NC(=S)N(c3ccc(C)c(C)c3)C2=O)cc1OC. The number of amides is 2. The number of aryl methyl sites for hydroxylation is 3. The molecule has 150 valence electrons. The summed E-state index contributed by atoms with van der Waals surface area (Å²) in [4.78, 5) is 27.1. The molecular formula is C22H22N2O4S. The van der Waals surface area contributed by atoms with Gasteiger partial charge in [0.05, 0.1) is 19.9 Å². The summed E-state index contributed by atoms with van der Waals surface area (Å²) < 4.78 is 10.6. The molecule has 0 aromatic heterocycles. The molecule has 1 heterocycles. The van der Waals surface area contributed by atoms with Gasteiger partial charge in [0.15, 0.2) is 16.6 Å². The molecule has 7 heteroatoms. The highest BCUT2D eigenvalue weighted by atomic mass is 32.1. The minimum absolute atomic E-state index is 0.00727. The van der Waals surface area contributed by atoms with E-state index >= 15 is 0 Å². The van der Waals surface area contributed by atoms with Crippen LogP contribution in [0.15, 0.2) is 35.9 Å². The largest absolute Gasteiger partial charge is 0.493 e. The van der Waals surface area contributed by atoms with E-state index in [2.05, 4.69) is 5.32 Å². The molecule has 2 aromatic carbocycles. The van der Waals surface area contributed by atoms with E-state index in [1.165, 1.54) is 12.0 Å². The van der Waals surface area contributed by atoms with Crippen LogP contribution in [0.4, 0.5) is 5.69 Å². The van der Waals surface area contributed by atoms with Gasteiger partial charge in [-0.05, 0) is 85.6 Å². The Hall–Kier alpha value is -3.19. The van der Waals surface area contributed by atoms with Crippen molar-refractivity contribution in [3.8, 4) is 11.5 Å².